The Morgan fingerprint density at radius 2 is 1.96 bits per heavy atom. The van der Waals surface area contributed by atoms with Crippen LogP contribution >= 0.6 is 11.6 Å². The minimum atomic E-state index is -0.687. The second-order valence-corrected chi connectivity index (χ2v) is 5.33. The molecule has 2 aromatic carbocycles. The maximum absolute atomic E-state index is 11.9. The molecule has 0 heterocycles. The van der Waals surface area contributed by atoms with Crippen molar-refractivity contribution in [2.45, 2.75) is 13.5 Å². The van der Waals surface area contributed by atoms with Crippen molar-refractivity contribution in [3.8, 4) is 5.75 Å². The second-order valence-electron chi connectivity index (χ2n) is 4.89. The van der Waals surface area contributed by atoms with E-state index in [-0.39, 0.29) is 12.3 Å². The summed E-state index contributed by atoms with van der Waals surface area (Å²) in [7, 11) is 0. The number of azide groups is 1. The van der Waals surface area contributed by atoms with Crippen molar-refractivity contribution in [3.63, 3.8) is 0 Å². The van der Waals surface area contributed by atoms with Crippen molar-refractivity contribution < 1.29 is 14.3 Å². The molecular formula is C18H16ClN3O3. The molecule has 0 saturated carbocycles. The zero-order chi connectivity index (χ0) is 18.1. The lowest BCUT2D eigenvalue weighted by molar-refractivity contribution is -0.138. The lowest BCUT2D eigenvalue weighted by Crippen LogP contribution is -2.05. The lowest BCUT2D eigenvalue weighted by atomic mass is 10.1. The maximum Gasteiger partial charge on any atom is 0.340 e. The van der Waals surface area contributed by atoms with Crippen molar-refractivity contribution in [3.05, 3.63) is 80.8 Å². The molecule has 6 nitrogen and oxygen atoms in total. The van der Waals surface area contributed by atoms with Crippen LogP contribution in [-0.2, 0) is 16.1 Å². The van der Waals surface area contributed by atoms with Gasteiger partial charge in [0.15, 0.2) is 0 Å². The van der Waals surface area contributed by atoms with Gasteiger partial charge in [0.25, 0.3) is 0 Å². The van der Waals surface area contributed by atoms with Crippen molar-refractivity contribution >= 4 is 23.6 Å². The third-order valence-corrected chi connectivity index (χ3v) is 3.41. The fourth-order valence-electron chi connectivity index (χ4n) is 2.00. The van der Waals surface area contributed by atoms with Crippen LogP contribution in [-0.4, -0.2) is 12.6 Å². The van der Waals surface area contributed by atoms with Gasteiger partial charge < -0.3 is 9.47 Å². The number of halogens is 1. The lowest BCUT2D eigenvalue weighted by Gasteiger charge is -2.10. The van der Waals surface area contributed by atoms with Crippen molar-refractivity contribution in [1.82, 2.24) is 0 Å². The van der Waals surface area contributed by atoms with Gasteiger partial charge in [-0.1, -0.05) is 47.0 Å². The first-order valence-corrected chi connectivity index (χ1v) is 7.92. The van der Waals surface area contributed by atoms with E-state index >= 15 is 0 Å². The Morgan fingerprint density at radius 1 is 1.24 bits per heavy atom. The van der Waals surface area contributed by atoms with Crippen LogP contribution in [0.1, 0.15) is 18.1 Å². The van der Waals surface area contributed by atoms with E-state index in [0.29, 0.717) is 22.9 Å². The molecule has 128 valence electrons. The number of rotatable bonds is 7. The zero-order valence-corrected chi connectivity index (χ0v) is 14.3. The summed E-state index contributed by atoms with van der Waals surface area (Å²) in [4.78, 5) is 14.5. The fourth-order valence-corrected chi connectivity index (χ4v) is 2.13. The standard InChI is InChI=1S/C18H16ClN3O3/c1-2-24-18(23)16(21-22-20)11-14-5-3-4-6-17(14)25-12-13-7-9-15(19)10-8-13/h3-11H,2,12H2,1H3. The largest absolute Gasteiger partial charge is 0.488 e. The van der Waals surface area contributed by atoms with E-state index in [1.54, 1.807) is 37.3 Å². The number of hydrogen-bond donors (Lipinski definition) is 0. The number of nitrogens with zero attached hydrogens (tertiary/aromatic N) is 3. The van der Waals surface area contributed by atoms with E-state index in [0.717, 1.165) is 5.56 Å². The maximum atomic E-state index is 11.9. The Labute approximate surface area is 150 Å². The van der Waals surface area contributed by atoms with Crippen molar-refractivity contribution in [1.29, 1.82) is 0 Å². The van der Waals surface area contributed by atoms with Gasteiger partial charge in [0.05, 0.1) is 6.61 Å². The smallest absolute Gasteiger partial charge is 0.340 e. The van der Waals surface area contributed by atoms with Crippen LogP contribution in [0.15, 0.2) is 59.3 Å². The number of esters is 1. The zero-order valence-electron chi connectivity index (χ0n) is 13.6. The quantitative estimate of drug-likeness (QED) is 0.226. The molecule has 0 radical (unpaired) electrons. The number of carbonyl (C=O) groups excluding carboxylic acids is 1. The van der Waals surface area contributed by atoms with Crippen LogP contribution in [0, 0.1) is 0 Å². The van der Waals surface area contributed by atoms with Crippen molar-refractivity contribution in [2.75, 3.05) is 6.61 Å². The first kappa shape index (κ1) is 18.4. The van der Waals surface area contributed by atoms with Gasteiger partial charge >= 0.3 is 5.97 Å². The highest BCUT2D eigenvalue weighted by atomic mass is 35.5. The van der Waals surface area contributed by atoms with Crippen LogP contribution in [0.3, 0.4) is 0 Å². The second kappa shape index (κ2) is 9.37. The highest BCUT2D eigenvalue weighted by Gasteiger charge is 2.10. The predicted octanol–water partition coefficient (Wildman–Crippen LogP) is 5.13. The number of carbonyl (C=O) groups is 1. The Balaban J connectivity index is 2.23. The molecule has 2 aromatic rings. The van der Waals surface area contributed by atoms with E-state index in [1.165, 1.54) is 6.08 Å². The molecule has 0 aromatic heterocycles. The average molecular weight is 358 g/mol. The summed E-state index contributed by atoms with van der Waals surface area (Å²) in [5, 5.41) is 4.06. The van der Waals surface area contributed by atoms with Crippen LogP contribution < -0.4 is 4.74 Å². The first-order chi connectivity index (χ1) is 12.1. The van der Waals surface area contributed by atoms with E-state index in [4.69, 9.17) is 26.6 Å². The predicted molar refractivity (Wildman–Crippen MR) is 96.0 cm³/mol. The highest BCUT2D eigenvalue weighted by Crippen LogP contribution is 2.23. The summed E-state index contributed by atoms with van der Waals surface area (Å²) >= 11 is 5.86. The SMILES string of the molecule is CCOC(=O)C(=Cc1ccccc1OCc1ccc(Cl)cc1)N=[N+]=[N-]. The molecule has 0 aliphatic carbocycles. The van der Waals surface area contributed by atoms with Gasteiger partial charge in [-0.05, 0) is 42.3 Å². The Morgan fingerprint density at radius 3 is 2.64 bits per heavy atom. The average Bonchev–Trinajstić information content (AvgIpc) is 2.62. The first-order valence-electron chi connectivity index (χ1n) is 7.54. The number of hydrogen-bond acceptors (Lipinski definition) is 4. The molecule has 0 bridgehead atoms. The molecule has 0 fully saturated rings. The Kier molecular flexibility index (Phi) is 6.89. The molecule has 0 aliphatic heterocycles. The third kappa shape index (κ3) is 5.57. The molecule has 0 N–H and O–H groups in total. The summed E-state index contributed by atoms with van der Waals surface area (Å²) in [5.41, 5.74) is 10.1. The molecule has 0 unspecified atom stereocenters. The van der Waals surface area contributed by atoms with Crippen LogP contribution in [0.5, 0.6) is 5.75 Å². The number of ether oxygens (including phenoxy) is 2. The molecule has 2 rings (SSSR count). The molecule has 25 heavy (non-hydrogen) atoms. The van der Waals surface area contributed by atoms with Crippen LogP contribution in [0.4, 0.5) is 0 Å². The van der Waals surface area contributed by atoms with Gasteiger partial charge in [-0.25, -0.2) is 4.79 Å². The van der Waals surface area contributed by atoms with Crippen LogP contribution in [0.2, 0.25) is 5.02 Å². The van der Waals surface area contributed by atoms with E-state index in [1.807, 2.05) is 18.2 Å². The summed E-state index contributed by atoms with van der Waals surface area (Å²) in [5.74, 6) is -0.139. The van der Waals surface area contributed by atoms with Crippen LogP contribution in [0.25, 0.3) is 16.5 Å². The van der Waals surface area contributed by atoms with E-state index < -0.39 is 5.97 Å². The highest BCUT2D eigenvalue weighted by molar-refractivity contribution is 6.30. The normalized spacial score (nSPS) is 10.7. The van der Waals surface area contributed by atoms with Gasteiger partial charge in [0.2, 0.25) is 0 Å². The van der Waals surface area contributed by atoms with Gasteiger partial charge in [-0.2, -0.15) is 0 Å². The Hall–Kier alpha value is -2.95. The summed E-state index contributed by atoms with van der Waals surface area (Å²) in [6.45, 7) is 2.19. The van der Waals surface area contributed by atoms with Gasteiger partial charge in [0.1, 0.15) is 18.1 Å². The van der Waals surface area contributed by atoms with E-state index in [9.17, 15) is 4.79 Å². The molecule has 7 heteroatoms. The molecular weight excluding hydrogens is 342 g/mol. The fraction of sp³-hybridized carbons (Fsp3) is 0.167. The Bertz CT molecular complexity index is 813. The molecule has 0 saturated heterocycles. The van der Waals surface area contributed by atoms with Crippen molar-refractivity contribution in [2.24, 2.45) is 5.11 Å². The number of para-hydroxylation sites is 1. The molecule has 0 spiro atoms. The summed E-state index contributed by atoms with van der Waals surface area (Å²) in [6.07, 6.45) is 1.44. The summed E-state index contributed by atoms with van der Waals surface area (Å²) in [6, 6.07) is 14.4. The minimum absolute atomic E-state index is 0.133. The summed E-state index contributed by atoms with van der Waals surface area (Å²) < 4.78 is 10.7. The molecule has 0 amide bonds. The molecule has 0 atom stereocenters. The monoisotopic (exact) mass is 357 g/mol. The van der Waals surface area contributed by atoms with Gasteiger partial charge in [0, 0.05) is 15.5 Å². The van der Waals surface area contributed by atoms with Gasteiger partial charge in [-0.15, -0.1) is 0 Å². The van der Waals surface area contributed by atoms with E-state index in [2.05, 4.69) is 10.0 Å². The van der Waals surface area contributed by atoms with Gasteiger partial charge in [-0.3, -0.25) is 0 Å². The topological polar surface area (TPSA) is 84.3 Å². The molecule has 0 aliphatic rings. The third-order valence-electron chi connectivity index (χ3n) is 3.16. The minimum Gasteiger partial charge on any atom is -0.488 e. The number of benzene rings is 2.